The van der Waals surface area contributed by atoms with Crippen molar-refractivity contribution in [1.82, 2.24) is 15.0 Å². The van der Waals surface area contributed by atoms with Gasteiger partial charge in [0.2, 0.25) is 0 Å². The fourth-order valence-electron chi connectivity index (χ4n) is 1.73. The van der Waals surface area contributed by atoms with Crippen molar-refractivity contribution in [3.63, 3.8) is 0 Å². The maximum Gasteiger partial charge on any atom is 0.187 e. The minimum Gasteiger partial charge on any atom is -0.387 e. The quantitative estimate of drug-likeness (QED) is 0.662. The molecule has 19 heavy (non-hydrogen) atoms. The van der Waals surface area contributed by atoms with Gasteiger partial charge in [-0.3, -0.25) is 0 Å². The van der Waals surface area contributed by atoms with E-state index in [9.17, 15) is 5.11 Å². The largest absolute Gasteiger partial charge is 0.387 e. The highest BCUT2D eigenvalue weighted by molar-refractivity contribution is 7.98. The van der Waals surface area contributed by atoms with Crippen molar-refractivity contribution >= 4 is 28.5 Å². The summed E-state index contributed by atoms with van der Waals surface area (Å²) in [6.07, 6.45) is 3.10. The molecule has 2 N–H and O–H groups in total. The van der Waals surface area contributed by atoms with E-state index >= 15 is 0 Å². The summed E-state index contributed by atoms with van der Waals surface area (Å²) in [6.45, 7) is 5.78. The molecule has 1 unspecified atom stereocenters. The number of aliphatic hydroxyl groups excluding tert-OH is 1. The fraction of sp³-hybridized carbons (Fsp3) is 0.462. The first kappa shape index (κ1) is 14.0. The Morgan fingerprint density at radius 3 is 2.58 bits per heavy atom. The lowest BCUT2D eigenvalue weighted by Crippen LogP contribution is -2.13. The van der Waals surface area contributed by atoms with Crippen LogP contribution >= 0.6 is 11.8 Å². The number of nitrogens with zero attached hydrogens (tertiary/aromatic N) is 3. The minimum atomic E-state index is -0.614. The topological polar surface area (TPSA) is 70.9 Å². The summed E-state index contributed by atoms with van der Waals surface area (Å²) < 4.78 is 0. The standard InChI is InChI=1S/C13H18N4OS/c1-7(2)15-12-11-9(5-10(16-12)8(3)18)6-14-13(17-11)19-4/h5-8,18H,1-4H3,(H,15,16). The summed E-state index contributed by atoms with van der Waals surface area (Å²) in [7, 11) is 0. The van der Waals surface area contributed by atoms with Gasteiger partial charge in [-0.05, 0) is 33.1 Å². The Hall–Kier alpha value is -1.40. The molecule has 1 atom stereocenters. The van der Waals surface area contributed by atoms with E-state index in [1.165, 1.54) is 11.8 Å². The van der Waals surface area contributed by atoms with Crippen molar-refractivity contribution in [2.24, 2.45) is 0 Å². The smallest absolute Gasteiger partial charge is 0.187 e. The maximum absolute atomic E-state index is 9.71. The fourth-order valence-corrected chi connectivity index (χ4v) is 2.07. The first-order chi connectivity index (χ1) is 9.01. The molecule has 2 aromatic rings. The van der Waals surface area contributed by atoms with E-state index < -0.39 is 6.10 Å². The van der Waals surface area contributed by atoms with E-state index in [4.69, 9.17) is 0 Å². The van der Waals surface area contributed by atoms with Crippen LogP contribution in [0, 0.1) is 0 Å². The number of thioether (sulfide) groups is 1. The number of aromatic nitrogens is 3. The highest BCUT2D eigenvalue weighted by Crippen LogP contribution is 2.25. The second-order valence-electron chi connectivity index (χ2n) is 4.67. The van der Waals surface area contributed by atoms with Crippen molar-refractivity contribution in [2.45, 2.75) is 38.1 Å². The van der Waals surface area contributed by atoms with Gasteiger partial charge in [0.1, 0.15) is 5.52 Å². The average Bonchev–Trinajstić information content (AvgIpc) is 2.37. The van der Waals surface area contributed by atoms with Crippen molar-refractivity contribution in [1.29, 1.82) is 0 Å². The monoisotopic (exact) mass is 278 g/mol. The second kappa shape index (κ2) is 5.71. The average molecular weight is 278 g/mol. The van der Waals surface area contributed by atoms with E-state index in [2.05, 4.69) is 20.3 Å². The van der Waals surface area contributed by atoms with Gasteiger partial charge in [-0.15, -0.1) is 0 Å². The van der Waals surface area contributed by atoms with E-state index in [1.54, 1.807) is 13.1 Å². The predicted octanol–water partition coefficient (Wildman–Crippen LogP) is 2.62. The van der Waals surface area contributed by atoms with Gasteiger partial charge in [0.25, 0.3) is 0 Å². The Labute approximate surface area is 116 Å². The molecule has 0 aromatic carbocycles. The molecule has 0 saturated heterocycles. The molecule has 2 heterocycles. The molecule has 0 radical (unpaired) electrons. The third kappa shape index (κ3) is 3.13. The molecule has 6 heteroatoms. The lowest BCUT2D eigenvalue weighted by atomic mass is 10.2. The second-order valence-corrected chi connectivity index (χ2v) is 5.44. The van der Waals surface area contributed by atoms with Crippen LogP contribution in [0.25, 0.3) is 10.9 Å². The Bertz CT molecular complexity index is 586. The minimum absolute atomic E-state index is 0.243. The zero-order valence-electron chi connectivity index (χ0n) is 11.5. The Morgan fingerprint density at radius 2 is 2.00 bits per heavy atom. The van der Waals surface area contributed by atoms with Gasteiger partial charge in [-0.25, -0.2) is 15.0 Å². The van der Waals surface area contributed by atoms with Crippen LogP contribution < -0.4 is 5.32 Å². The van der Waals surface area contributed by atoms with Crippen molar-refractivity contribution in [3.05, 3.63) is 18.0 Å². The molecule has 0 saturated carbocycles. The van der Waals surface area contributed by atoms with Gasteiger partial charge in [-0.1, -0.05) is 11.8 Å². The summed E-state index contributed by atoms with van der Waals surface area (Å²) in [6, 6.07) is 2.07. The van der Waals surface area contributed by atoms with Crippen LogP contribution in [-0.4, -0.2) is 32.4 Å². The van der Waals surface area contributed by atoms with Gasteiger partial charge in [0, 0.05) is 17.6 Å². The first-order valence-electron chi connectivity index (χ1n) is 6.17. The number of hydrogen-bond acceptors (Lipinski definition) is 6. The first-order valence-corrected chi connectivity index (χ1v) is 7.40. The Morgan fingerprint density at radius 1 is 1.26 bits per heavy atom. The van der Waals surface area contributed by atoms with Crippen molar-refractivity contribution in [2.75, 3.05) is 11.6 Å². The number of fused-ring (bicyclic) bond motifs is 1. The van der Waals surface area contributed by atoms with Crippen molar-refractivity contribution < 1.29 is 5.11 Å². The summed E-state index contributed by atoms with van der Waals surface area (Å²) in [4.78, 5) is 13.2. The Kier molecular flexibility index (Phi) is 4.21. The highest BCUT2D eigenvalue weighted by atomic mass is 32.2. The molecule has 102 valence electrons. The van der Waals surface area contributed by atoms with Crippen LogP contribution in [-0.2, 0) is 0 Å². The number of nitrogens with one attached hydrogen (secondary N) is 1. The van der Waals surface area contributed by atoms with Crippen LogP contribution in [0.5, 0.6) is 0 Å². The van der Waals surface area contributed by atoms with Crippen LogP contribution in [0.4, 0.5) is 5.82 Å². The molecule has 2 rings (SSSR count). The number of rotatable bonds is 4. The molecular formula is C13H18N4OS. The zero-order chi connectivity index (χ0) is 14.0. The van der Waals surface area contributed by atoms with E-state index in [-0.39, 0.29) is 6.04 Å². The molecular weight excluding hydrogens is 260 g/mol. The van der Waals surface area contributed by atoms with Crippen LogP contribution in [0.3, 0.4) is 0 Å². The lowest BCUT2D eigenvalue weighted by molar-refractivity contribution is 0.194. The number of anilines is 1. The summed E-state index contributed by atoms with van der Waals surface area (Å²) in [5.41, 5.74) is 1.41. The number of aliphatic hydroxyl groups is 1. The molecule has 0 aliphatic heterocycles. The van der Waals surface area contributed by atoms with Gasteiger partial charge in [-0.2, -0.15) is 0 Å². The van der Waals surface area contributed by atoms with E-state index in [0.29, 0.717) is 16.7 Å². The summed E-state index contributed by atoms with van der Waals surface area (Å²) >= 11 is 1.49. The SMILES string of the molecule is CSc1ncc2cc(C(C)O)nc(NC(C)C)c2n1. The third-order valence-electron chi connectivity index (χ3n) is 2.60. The van der Waals surface area contributed by atoms with Gasteiger partial charge < -0.3 is 10.4 Å². The normalized spacial score (nSPS) is 12.9. The number of hydrogen-bond donors (Lipinski definition) is 2. The summed E-state index contributed by atoms with van der Waals surface area (Å²) in [5.74, 6) is 0.695. The molecule has 0 amide bonds. The highest BCUT2D eigenvalue weighted by Gasteiger charge is 2.12. The summed E-state index contributed by atoms with van der Waals surface area (Å²) in [5, 5.41) is 14.6. The molecule has 0 aliphatic rings. The third-order valence-corrected chi connectivity index (χ3v) is 3.16. The van der Waals surface area contributed by atoms with Gasteiger partial charge >= 0.3 is 0 Å². The maximum atomic E-state index is 9.71. The molecule has 5 nitrogen and oxygen atoms in total. The zero-order valence-corrected chi connectivity index (χ0v) is 12.3. The molecule has 0 spiro atoms. The van der Waals surface area contributed by atoms with E-state index in [0.717, 1.165) is 10.9 Å². The molecule has 2 aromatic heterocycles. The van der Waals surface area contributed by atoms with Crippen LogP contribution in [0.2, 0.25) is 0 Å². The van der Waals surface area contributed by atoms with Crippen LogP contribution in [0.15, 0.2) is 17.4 Å². The predicted molar refractivity (Wildman–Crippen MR) is 78.5 cm³/mol. The van der Waals surface area contributed by atoms with Crippen LogP contribution in [0.1, 0.15) is 32.6 Å². The Balaban J connectivity index is 2.63. The lowest BCUT2D eigenvalue weighted by Gasteiger charge is -2.14. The van der Waals surface area contributed by atoms with Gasteiger partial charge in [0.15, 0.2) is 11.0 Å². The number of pyridine rings is 1. The van der Waals surface area contributed by atoms with Crippen molar-refractivity contribution in [3.8, 4) is 0 Å². The molecule has 0 fully saturated rings. The molecule has 0 bridgehead atoms. The van der Waals surface area contributed by atoms with E-state index in [1.807, 2.05) is 26.2 Å². The molecule has 0 aliphatic carbocycles. The van der Waals surface area contributed by atoms with Gasteiger partial charge in [0.05, 0.1) is 11.8 Å².